The second-order valence-corrected chi connectivity index (χ2v) is 9.21. The molecule has 0 aliphatic rings. The molecule has 0 bridgehead atoms. The molecule has 3 aromatic rings. The Morgan fingerprint density at radius 1 is 1.10 bits per heavy atom. The van der Waals surface area contributed by atoms with Gasteiger partial charge in [0.05, 0.1) is 11.4 Å². The maximum atomic E-state index is 12.3. The zero-order valence-electron chi connectivity index (χ0n) is 16.8. The average molecular weight is 442 g/mol. The predicted octanol–water partition coefficient (Wildman–Crippen LogP) is 4.93. The van der Waals surface area contributed by atoms with E-state index in [0.717, 1.165) is 11.4 Å². The SMILES string of the molecule is CC(C)SCc1cc(=O)[nH]c(SCC(=O)Nc2ccc(Oc3ccccc3)cc2)n1. The normalized spacial score (nSPS) is 10.8. The Kier molecular flexibility index (Phi) is 7.98. The van der Waals surface area contributed by atoms with E-state index in [2.05, 4.69) is 29.1 Å². The zero-order chi connectivity index (χ0) is 21.3. The number of aromatic nitrogens is 2. The Balaban J connectivity index is 1.51. The van der Waals surface area contributed by atoms with Gasteiger partial charge >= 0.3 is 0 Å². The van der Waals surface area contributed by atoms with E-state index in [1.165, 1.54) is 17.8 Å². The second kappa shape index (κ2) is 10.9. The number of benzene rings is 2. The Morgan fingerprint density at radius 2 is 1.80 bits per heavy atom. The maximum Gasteiger partial charge on any atom is 0.251 e. The standard InChI is InChI=1S/C22H23N3O3S2/c1-15(2)29-13-17-12-20(26)25-22(24-17)30-14-21(27)23-16-8-10-19(11-9-16)28-18-6-4-3-5-7-18/h3-12,15H,13-14H2,1-2H3,(H,23,27)(H,24,25,26). The van der Waals surface area contributed by atoms with Gasteiger partial charge in [0, 0.05) is 17.5 Å². The minimum atomic E-state index is -0.207. The molecule has 0 unspecified atom stereocenters. The maximum absolute atomic E-state index is 12.3. The Morgan fingerprint density at radius 3 is 2.50 bits per heavy atom. The van der Waals surface area contributed by atoms with E-state index in [4.69, 9.17) is 4.74 Å². The summed E-state index contributed by atoms with van der Waals surface area (Å²) in [4.78, 5) is 31.2. The predicted molar refractivity (Wildman–Crippen MR) is 124 cm³/mol. The van der Waals surface area contributed by atoms with Gasteiger partial charge in [-0.15, -0.1) is 0 Å². The van der Waals surface area contributed by atoms with Crippen molar-refractivity contribution in [3.05, 3.63) is 76.7 Å². The van der Waals surface area contributed by atoms with E-state index in [1.54, 1.807) is 36.0 Å². The summed E-state index contributed by atoms with van der Waals surface area (Å²) in [6, 6.07) is 18.1. The number of aromatic amines is 1. The molecular weight excluding hydrogens is 418 g/mol. The van der Waals surface area contributed by atoms with Gasteiger partial charge in [0.15, 0.2) is 5.16 Å². The molecule has 1 heterocycles. The zero-order valence-corrected chi connectivity index (χ0v) is 18.4. The summed E-state index contributed by atoms with van der Waals surface area (Å²) < 4.78 is 5.74. The van der Waals surface area contributed by atoms with Gasteiger partial charge in [-0.2, -0.15) is 11.8 Å². The van der Waals surface area contributed by atoms with Crippen LogP contribution in [0.25, 0.3) is 0 Å². The lowest BCUT2D eigenvalue weighted by atomic mass is 10.3. The highest BCUT2D eigenvalue weighted by atomic mass is 32.2. The van der Waals surface area contributed by atoms with Crippen LogP contribution in [-0.4, -0.2) is 26.9 Å². The van der Waals surface area contributed by atoms with E-state index in [0.29, 0.717) is 27.6 Å². The molecule has 0 aliphatic heterocycles. The number of thioether (sulfide) groups is 2. The molecule has 0 fully saturated rings. The van der Waals surface area contributed by atoms with Crippen LogP contribution in [0, 0.1) is 0 Å². The summed E-state index contributed by atoms with van der Waals surface area (Å²) >= 11 is 2.92. The first kappa shape index (κ1) is 22.0. The fourth-order valence-corrected chi connectivity index (χ4v) is 3.79. The molecule has 0 spiro atoms. The number of nitrogens with one attached hydrogen (secondary N) is 2. The molecule has 2 aromatic carbocycles. The lowest BCUT2D eigenvalue weighted by Gasteiger charge is -2.08. The van der Waals surface area contributed by atoms with Gasteiger partial charge in [0.1, 0.15) is 11.5 Å². The number of amides is 1. The number of nitrogens with zero attached hydrogens (tertiary/aromatic N) is 1. The van der Waals surface area contributed by atoms with Gasteiger partial charge in [-0.05, 0) is 41.6 Å². The first-order valence-corrected chi connectivity index (χ1v) is 11.5. The molecule has 0 saturated heterocycles. The van der Waals surface area contributed by atoms with Crippen LogP contribution in [0.1, 0.15) is 19.5 Å². The van der Waals surface area contributed by atoms with Gasteiger partial charge in [-0.1, -0.05) is 43.8 Å². The summed E-state index contributed by atoms with van der Waals surface area (Å²) in [5.41, 5.74) is 1.18. The van der Waals surface area contributed by atoms with Crippen molar-refractivity contribution in [2.24, 2.45) is 0 Å². The Labute approximate surface area is 183 Å². The highest BCUT2D eigenvalue weighted by Crippen LogP contribution is 2.23. The van der Waals surface area contributed by atoms with Crippen LogP contribution >= 0.6 is 23.5 Å². The van der Waals surface area contributed by atoms with Crippen molar-refractivity contribution < 1.29 is 9.53 Å². The Hall–Kier alpha value is -2.71. The first-order valence-electron chi connectivity index (χ1n) is 9.45. The number of hydrogen-bond donors (Lipinski definition) is 2. The van der Waals surface area contributed by atoms with Crippen LogP contribution in [-0.2, 0) is 10.5 Å². The molecule has 1 amide bonds. The van der Waals surface area contributed by atoms with E-state index in [9.17, 15) is 9.59 Å². The molecule has 6 nitrogen and oxygen atoms in total. The van der Waals surface area contributed by atoms with Gasteiger partial charge in [-0.25, -0.2) is 4.98 Å². The summed E-state index contributed by atoms with van der Waals surface area (Å²) in [6.07, 6.45) is 0. The van der Waals surface area contributed by atoms with Crippen molar-refractivity contribution in [3.8, 4) is 11.5 Å². The lowest BCUT2D eigenvalue weighted by Crippen LogP contribution is -2.15. The minimum absolute atomic E-state index is 0.145. The van der Waals surface area contributed by atoms with Gasteiger partial charge in [-0.3, -0.25) is 9.59 Å². The number of carbonyl (C=O) groups excluding carboxylic acids is 1. The lowest BCUT2D eigenvalue weighted by molar-refractivity contribution is -0.113. The topological polar surface area (TPSA) is 84.1 Å². The quantitative estimate of drug-likeness (QED) is 0.362. The first-order chi connectivity index (χ1) is 14.5. The largest absolute Gasteiger partial charge is 0.457 e. The molecule has 3 rings (SSSR count). The molecule has 0 saturated carbocycles. The number of carbonyl (C=O) groups is 1. The summed E-state index contributed by atoms with van der Waals surface area (Å²) in [5, 5.41) is 3.74. The van der Waals surface area contributed by atoms with Crippen LogP contribution < -0.4 is 15.6 Å². The smallest absolute Gasteiger partial charge is 0.251 e. The highest BCUT2D eigenvalue weighted by molar-refractivity contribution is 7.99. The molecule has 156 valence electrons. The van der Waals surface area contributed by atoms with E-state index in [1.807, 2.05) is 30.3 Å². The molecule has 0 atom stereocenters. The molecular formula is C22H23N3O3S2. The van der Waals surface area contributed by atoms with Crippen LogP contribution in [0.5, 0.6) is 11.5 Å². The minimum Gasteiger partial charge on any atom is -0.457 e. The third-order valence-electron chi connectivity index (χ3n) is 3.79. The van der Waals surface area contributed by atoms with Crippen molar-refractivity contribution >= 4 is 35.1 Å². The van der Waals surface area contributed by atoms with Crippen LogP contribution in [0.2, 0.25) is 0 Å². The van der Waals surface area contributed by atoms with Crippen LogP contribution in [0.15, 0.2) is 70.6 Å². The number of hydrogen-bond acceptors (Lipinski definition) is 6. The second-order valence-electron chi connectivity index (χ2n) is 6.68. The summed E-state index contributed by atoms with van der Waals surface area (Å²) in [6.45, 7) is 4.19. The molecule has 1 aromatic heterocycles. The van der Waals surface area contributed by atoms with Crippen LogP contribution in [0.3, 0.4) is 0 Å². The fourth-order valence-electron chi connectivity index (χ4n) is 2.44. The van der Waals surface area contributed by atoms with E-state index < -0.39 is 0 Å². The number of anilines is 1. The molecule has 2 N–H and O–H groups in total. The summed E-state index contributed by atoms with van der Waals surface area (Å²) in [5.74, 6) is 2.07. The monoisotopic (exact) mass is 441 g/mol. The van der Waals surface area contributed by atoms with Gasteiger partial charge < -0.3 is 15.0 Å². The Bertz CT molecular complexity index is 1020. The van der Waals surface area contributed by atoms with Gasteiger partial charge in [0.25, 0.3) is 5.56 Å². The highest BCUT2D eigenvalue weighted by Gasteiger charge is 2.08. The van der Waals surface area contributed by atoms with Crippen LogP contribution in [0.4, 0.5) is 5.69 Å². The van der Waals surface area contributed by atoms with Crippen molar-refractivity contribution in [1.29, 1.82) is 0 Å². The average Bonchev–Trinajstić information content (AvgIpc) is 2.73. The fraction of sp³-hybridized carbons (Fsp3) is 0.227. The number of H-pyrrole nitrogens is 1. The molecule has 0 radical (unpaired) electrons. The van der Waals surface area contributed by atoms with E-state index >= 15 is 0 Å². The third kappa shape index (κ3) is 7.27. The van der Waals surface area contributed by atoms with Crippen molar-refractivity contribution in [2.75, 3.05) is 11.1 Å². The third-order valence-corrected chi connectivity index (χ3v) is 5.80. The van der Waals surface area contributed by atoms with Crippen molar-refractivity contribution in [1.82, 2.24) is 9.97 Å². The van der Waals surface area contributed by atoms with Crippen molar-refractivity contribution in [2.45, 2.75) is 30.0 Å². The van der Waals surface area contributed by atoms with E-state index in [-0.39, 0.29) is 17.2 Å². The molecule has 0 aliphatic carbocycles. The summed E-state index contributed by atoms with van der Waals surface area (Å²) in [7, 11) is 0. The van der Waals surface area contributed by atoms with Gasteiger partial charge in [0.2, 0.25) is 5.91 Å². The number of para-hydroxylation sites is 1. The molecule has 8 heteroatoms. The number of ether oxygens (including phenoxy) is 1. The number of rotatable bonds is 9. The van der Waals surface area contributed by atoms with Crippen molar-refractivity contribution in [3.63, 3.8) is 0 Å². The molecule has 30 heavy (non-hydrogen) atoms.